The lowest BCUT2D eigenvalue weighted by Crippen LogP contribution is -2.53. The number of nitrogens with zero attached hydrogens (tertiary/aromatic N) is 1. The number of aromatic nitrogens is 1. The first kappa shape index (κ1) is 22.2. The van der Waals surface area contributed by atoms with Crippen molar-refractivity contribution in [3.05, 3.63) is 64.1 Å². The van der Waals surface area contributed by atoms with E-state index in [1.807, 2.05) is 42.5 Å². The summed E-state index contributed by atoms with van der Waals surface area (Å²) in [4.78, 5) is 29.4. The van der Waals surface area contributed by atoms with Crippen LogP contribution in [0.25, 0.3) is 10.2 Å². The highest BCUT2D eigenvalue weighted by atomic mass is 35.5. The number of rotatable bonds is 9. The monoisotopic (exact) mass is 444 g/mol. The van der Waals surface area contributed by atoms with Crippen molar-refractivity contribution >= 4 is 45.0 Å². The Morgan fingerprint density at radius 2 is 1.93 bits per heavy atom. The van der Waals surface area contributed by atoms with Crippen molar-refractivity contribution in [1.29, 1.82) is 0 Å². The number of amides is 2. The minimum atomic E-state index is -0.740. The summed E-state index contributed by atoms with van der Waals surface area (Å²) >= 11 is 7.51. The molecule has 0 aliphatic carbocycles. The van der Waals surface area contributed by atoms with Gasteiger partial charge in [0.15, 0.2) is 0 Å². The van der Waals surface area contributed by atoms with Gasteiger partial charge in [0.25, 0.3) is 0 Å². The maximum atomic E-state index is 12.8. The van der Waals surface area contributed by atoms with Gasteiger partial charge in [0.05, 0.1) is 21.4 Å². The van der Waals surface area contributed by atoms with E-state index >= 15 is 0 Å². The fourth-order valence-electron chi connectivity index (χ4n) is 3.04. The molecular weight excluding hydrogens is 420 g/mol. The summed E-state index contributed by atoms with van der Waals surface area (Å²) in [5.41, 5.74) is 8.10. The fraction of sp³-hybridized carbons (Fsp3) is 0.318. The third-order valence-corrected chi connectivity index (χ3v) is 5.94. The van der Waals surface area contributed by atoms with Crippen molar-refractivity contribution in [1.82, 2.24) is 15.6 Å². The molecule has 0 fully saturated rings. The zero-order valence-corrected chi connectivity index (χ0v) is 18.3. The van der Waals surface area contributed by atoms with Crippen LogP contribution in [0.15, 0.2) is 48.5 Å². The molecule has 0 bridgehead atoms. The third kappa shape index (κ3) is 6.26. The second kappa shape index (κ2) is 10.5. The Balaban J connectivity index is 1.65. The summed E-state index contributed by atoms with van der Waals surface area (Å²) in [5, 5.41) is 6.99. The number of hydrogen-bond acceptors (Lipinski definition) is 5. The van der Waals surface area contributed by atoms with Gasteiger partial charge in [-0.3, -0.25) is 9.59 Å². The molecule has 3 rings (SSSR count). The van der Waals surface area contributed by atoms with Gasteiger partial charge in [-0.25, -0.2) is 4.98 Å². The van der Waals surface area contributed by atoms with Crippen molar-refractivity contribution < 1.29 is 9.59 Å². The molecule has 1 aromatic heterocycles. The normalized spacial score (nSPS) is 13.0. The molecule has 3 aromatic rings. The summed E-state index contributed by atoms with van der Waals surface area (Å²) in [6.07, 6.45) is 1.43. The Morgan fingerprint density at radius 3 is 2.67 bits per heavy atom. The molecule has 4 N–H and O–H groups in total. The SMILES string of the molecule is CCC(=O)NC(Cc1nc2ccc(Cl)cc2s1)C(=O)N[C@H](N)CCc1ccccc1. The van der Waals surface area contributed by atoms with Gasteiger partial charge in [-0.15, -0.1) is 11.3 Å². The zero-order chi connectivity index (χ0) is 21.5. The second-order valence-electron chi connectivity index (χ2n) is 7.04. The number of carbonyl (C=O) groups is 2. The lowest BCUT2D eigenvalue weighted by molar-refractivity contribution is -0.129. The zero-order valence-electron chi connectivity index (χ0n) is 16.7. The first-order valence-corrected chi connectivity index (χ1v) is 11.1. The van der Waals surface area contributed by atoms with E-state index in [2.05, 4.69) is 15.6 Å². The number of carbonyl (C=O) groups excluding carboxylic acids is 2. The molecule has 6 nitrogen and oxygen atoms in total. The number of benzene rings is 2. The molecule has 0 saturated heterocycles. The Labute approximate surface area is 184 Å². The lowest BCUT2D eigenvalue weighted by Gasteiger charge is -2.20. The maximum Gasteiger partial charge on any atom is 0.244 e. The lowest BCUT2D eigenvalue weighted by atomic mass is 10.1. The van der Waals surface area contributed by atoms with Gasteiger partial charge in [0, 0.05) is 17.9 Å². The highest BCUT2D eigenvalue weighted by molar-refractivity contribution is 7.18. The van der Waals surface area contributed by atoms with Crippen LogP contribution in [0.3, 0.4) is 0 Å². The van der Waals surface area contributed by atoms with E-state index in [1.165, 1.54) is 11.3 Å². The van der Waals surface area contributed by atoms with Gasteiger partial charge in [0.1, 0.15) is 6.04 Å². The summed E-state index contributed by atoms with van der Waals surface area (Å²) in [6.45, 7) is 1.75. The van der Waals surface area contributed by atoms with Crippen LogP contribution >= 0.6 is 22.9 Å². The van der Waals surface area contributed by atoms with E-state index in [-0.39, 0.29) is 11.8 Å². The van der Waals surface area contributed by atoms with Crippen LogP contribution in [-0.2, 0) is 22.4 Å². The standard InChI is InChI=1S/C22H25ClN4O2S/c1-2-20(28)25-17(13-21-26-16-10-9-15(23)12-18(16)30-21)22(29)27-19(24)11-8-14-6-4-3-5-7-14/h3-7,9-10,12,17,19H,2,8,11,13,24H2,1H3,(H,25,28)(H,27,29)/t17?,19-/m0/s1. The summed E-state index contributed by atoms with van der Waals surface area (Å²) < 4.78 is 0.943. The van der Waals surface area contributed by atoms with E-state index in [1.54, 1.807) is 13.0 Å². The number of nitrogens with one attached hydrogen (secondary N) is 2. The predicted octanol–water partition coefficient (Wildman–Crippen LogP) is 3.42. The van der Waals surface area contributed by atoms with E-state index in [0.29, 0.717) is 24.3 Å². The number of fused-ring (bicyclic) bond motifs is 1. The van der Waals surface area contributed by atoms with Crippen molar-refractivity contribution in [3.8, 4) is 0 Å². The van der Waals surface area contributed by atoms with Crippen molar-refractivity contribution in [2.45, 2.75) is 44.8 Å². The first-order valence-electron chi connectivity index (χ1n) is 9.89. The van der Waals surface area contributed by atoms with Crippen molar-refractivity contribution in [2.24, 2.45) is 5.73 Å². The molecular formula is C22H25ClN4O2S. The molecule has 158 valence electrons. The number of thiazole rings is 1. The van der Waals surface area contributed by atoms with Crippen LogP contribution in [-0.4, -0.2) is 29.0 Å². The minimum absolute atomic E-state index is 0.197. The summed E-state index contributed by atoms with van der Waals surface area (Å²) in [5.74, 6) is -0.508. The quantitative estimate of drug-likeness (QED) is 0.440. The molecule has 0 saturated carbocycles. The molecule has 2 atom stereocenters. The molecule has 0 spiro atoms. The Bertz CT molecular complexity index is 1010. The fourth-order valence-corrected chi connectivity index (χ4v) is 4.32. The molecule has 1 unspecified atom stereocenters. The molecule has 8 heteroatoms. The largest absolute Gasteiger partial charge is 0.344 e. The second-order valence-corrected chi connectivity index (χ2v) is 8.59. The van der Waals surface area contributed by atoms with Gasteiger partial charge in [-0.1, -0.05) is 48.9 Å². The Kier molecular flexibility index (Phi) is 7.79. The minimum Gasteiger partial charge on any atom is -0.344 e. The highest BCUT2D eigenvalue weighted by Gasteiger charge is 2.24. The molecule has 0 aliphatic rings. The number of nitrogens with two attached hydrogens (primary N) is 1. The molecule has 0 radical (unpaired) electrons. The van der Waals surface area contributed by atoms with Gasteiger partial charge in [0.2, 0.25) is 11.8 Å². The molecule has 2 aromatic carbocycles. The third-order valence-electron chi connectivity index (χ3n) is 4.66. The maximum absolute atomic E-state index is 12.8. The van der Waals surface area contributed by atoms with Crippen LogP contribution < -0.4 is 16.4 Å². The Morgan fingerprint density at radius 1 is 1.17 bits per heavy atom. The molecule has 30 heavy (non-hydrogen) atoms. The van der Waals surface area contributed by atoms with Crippen molar-refractivity contribution in [2.75, 3.05) is 0 Å². The average Bonchev–Trinajstić information content (AvgIpc) is 3.13. The number of aryl methyl sites for hydroxylation is 1. The molecule has 1 heterocycles. The van der Waals surface area contributed by atoms with Gasteiger partial charge >= 0.3 is 0 Å². The first-order chi connectivity index (χ1) is 14.4. The molecule has 2 amide bonds. The number of halogens is 1. The van der Waals surface area contributed by atoms with E-state index < -0.39 is 12.2 Å². The highest BCUT2D eigenvalue weighted by Crippen LogP contribution is 2.26. The van der Waals surface area contributed by atoms with Gasteiger partial charge in [-0.2, -0.15) is 0 Å². The molecule has 0 aliphatic heterocycles. The van der Waals surface area contributed by atoms with E-state index in [0.717, 1.165) is 27.2 Å². The van der Waals surface area contributed by atoms with Crippen LogP contribution in [0.4, 0.5) is 0 Å². The summed E-state index contributed by atoms with van der Waals surface area (Å²) in [6, 6.07) is 14.7. The van der Waals surface area contributed by atoms with Crippen LogP contribution in [0, 0.1) is 0 Å². The predicted molar refractivity (Wildman–Crippen MR) is 121 cm³/mol. The smallest absolute Gasteiger partial charge is 0.244 e. The topological polar surface area (TPSA) is 97.1 Å². The Hall–Kier alpha value is -2.48. The van der Waals surface area contributed by atoms with E-state index in [4.69, 9.17) is 17.3 Å². The van der Waals surface area contributed by atoms with E-state index in [9.17, 15) is 9.59 Å². The summed E-state index contributed by atoms with van der Waals surface area (Å²) in [7, 11) is 0. The van der Waals surface area contributed by atoms with Crippen molar-refractivity contribution in [3.63, 3.8) is 0 Å². The van der Waals surface area contributed by atoms with Crippen LogP contribution in [0.5, 0.6) is 0 Å². The van der Waals surface area contributed by atoms with Crippen LogP contribution in [0.1, 0.15) is 30.3 Å². The number of hydrogen-bond donors (Lipinski definition) is 3. The van der Waals surface area contributed by atoms with Gasteiger partial charge < -0.3 is 16.4 Å². The van der Waals surface area contributed by atoms with Gasteiger partial charge in [-0.05, 0) is 36.6 Å². The van der Waals surface area contributed by atoms with Crippen LogP contribution in [0.2, 0.25) is 5.02 Å². The average molecular weight is 445 g/mol.